The largest absolute Gasteiger partial charge is 0.478 e. The molecule has 1 heterocycles. The summed E-state index contributed by atoms with van der Waals surface area (Å²) in [5.41, 5.74) is 1.31. The van der Waals surface area contributed by atoms with Crippen LogP contribution in [0.1, 0.15) is 21.6 Å². The first-order valence-corrected chi connectivity index (χ1v) is 5.97. The predicted octanol–water partition coefficient (Wildman–Crippen LogP) is 2.84. The van der Waals surface area contributed by atoms with Gasteiger partial charge in [0.05, 0.1) is 12.2 Å². The van der Waals surface area contributed by atoms with Gasteiger partial charge in [0, 0.05) is 10.7 Å². The molecule has 4 nitrogen and oxygen atoms in total. The fraction of sp³-hybridized carbons (Fsp3) is 0.167. The van der Waals surface area contributed by atoms with E-state index in [0.29, 0.717) is 22.3 Å². The van der Waals surface area contributed by atoms with Crippen molar-refractivity contribution in [3.63, 3.8) is 0 Å². The molecule has 0 saturated carbocycles. The van der Waals surface area contributed by atoms with Crippen LogP contribution in [0.4, 0.5) is 4.39 Å². The Balaban J connectivity index is 2.28. The maximum atomic E-state index is 13.2. The molecule has 0 amide bonds. The minimum absolute atomic E-state index is 0.158. The first-order valence-electron chi connectivity index (χ1n) is 5.18. The summed E-state index contributed by atoms with van der Waals surface area (Å²) in [5.74, 6) is -1.36. The average Bonchev–Trinajstić information content (AvgIpc) is 2.57. The van der Waals surface area contributed by atoms with E-state index in [9.17, 15) is 9.18 Å². The number of aryl methyl sites for hydroxylation is 1. The highest BCUT2D eigenvalue weighted by Gasteiger charge is 2.12. The van der Waals surface area contributed by atoms with Gasteiger partial charge in [-0.15, -0.1) is 0 Å². The fourth-order valence-electron chi connectivity index (χ4n) is 1.70. The normalized spacial score (nSPS) is 10.6. The van der Waals surface area contributed by atoms with Gasteiger partial charge in [-0.2, -0.15) is 5.10 Å². The Hall–Kier alpha value is -1.69. The number of hydrogen-bond donors (Lipinski definition) is 1. The number of hydrogen-bond acceptors (Lipinski definition) is 2. The second kappa shape index (κ2) is 4.89. The highest BCUT2D eigenvalue weighted by atomic mass is 79.9. The van der Waals surface area contributed by atoms with E-state index >= 15 is 0 Å². The molecule has 0 radical (unpaired) electrons. The number of halogens is 2. The van der Waals surface area contributed by atoms with E-state index in [2.05, 4.69) is 21.0 Å². The summed E-state index contributed by atoms with van der Waals surface area (Å²) in [4.78, 5) is 10.9. The van der Waals surface area contributed by atoms with Gasteiger partial charge in [-0.3, -0.25) is 4.68 Å². The van der Waals surface area contributed by atoms with Gasteiger partial charge in [0.2, 0.25) is 0 Å². The van der Waals surface area contributed by atoms with E-state index in [-0.39, 0.29) is 11.4 Å². The molecular formula is C12H10BrFN2O2. The van der Waals surface area contributed by atoms with Crippen LogP contribution in [0, 0.1) is 12.7 Å². The van der Waals surface area contributed by atoms with Crippen LogP contribution in [0.15, 0.2) is 28.9 Å². The van der Waals surface area contributed by atoms with E-state index in [0.717, 1.165) is 0 Å². The van der Waals surface area contributed by atoms with Crippen LogP contribution in [0.2, 0.25) is 0 Å². The third-order valence-corrected chi connectivity index (χ3v) is 2.90. The van der Waals surface area contributed by atoms with Crippen molar-refractivity contribution in [1.82, 2.24) is 9.78 Å². The molecule has 0 spiro atoms. The molecule has 1 aromatic carbocycles. The minimum atomic E-state index is -1.01. The van der Waals surface area contributed by atoms with Crippen molar-refractivity contribution in [2.24, 2.45) is 0 Å². The zero-order valence-electron chi connectivity index (χ0n) is 9.52. The Morgan fingerprint density at radius 1 is 1.50 bits per heavy atom. The van der Waals surface area contributed by atoms with Crippen molar-refractivity contribution in [2.45, 2.75) is 13.5 Å². The van der Waals surface area contributed by atoms with E-state index in [1.807, 2.05) is 0 Å². The quantitative estimate of drug-likeness (QED) is 0.948. The third kappa shape index (κ3) is 2.76. The maximum Gasteiger partial charge on any atom is 0.339 e. The summed E-state index contributed by atoms with van der Waals surface area (Å²) in [5, 5.41) is 13.0. The number of rotatable bonds is 3. The monoisotopic (exact) mass is 312 g/mol. The lowest BCUT2D eigenvalue weighted by Gasteiger charge is -2.03. The van der Waals surface area contributed by atoms with Gasteiger partial charge in [-0.25, -0.2) is 9.18 Å². The van der Waals surface area contributed by atoms with Crippen molar-refractivity contribution >= 4 is 21.9 Å². The van der Waals surface area contributed by atoms with Crippen LogP contribution in [0.5, 0.6) is 0 Å². The van der Waals surface area contributed by atoms with Gasteiger partial charge in [0.1, 0.15) is 11.4 Å². The molecule has 0 unspecified atom stereocenters. The number of aromatic carboxylic acids is 1. The number of nitrogens with zero attached hydrogens (tertiary/aromatic N) is 2. The second-order valence-corrected chi connectivity index (χ2v) is 4.82. The van der Waals surface area contributed by atoms with Gasteiger partial charge in [0.15, 0.2) is 0 Å². The maximum absolute atomic E-state index is 13.2. The van der Waals surface area contributed by atoms with E-state index in [1.54, 1.807) is 13.0 Å². The van der Waals surface area contributed by atoms with Crippen LogP contribution in [0.25, 0.3) is 0 Å². The molecule has 0 bridgehead atoms. The van der Waals surface area contributed by atoms with Crippen LogP contribution >= 0.6 is 15.9 Å². The lowest BCUT2D eigenvalue weighted by atomic mass is 10.2. The second-order valence-electron chi connectivity index (χ2n) is 3.91. The van der Waals surface area contributed by atoms with E-state index < -0.39 is 5.97 Å². The van der Waals surface area contributed by atoms with E-state index in [4.69, 9.17) is 5.11 Å². The molecule has 0 aliphatic heterocycles. The number of aromatic nitrogens is 2. The van der Waals surface area contributed by atoms with Crippen molar-refractivity contribution in [1.29, 1.82) is 0 Å². The summed E-state index contributed by atoms with van der Waals surface area (Å²) < 4.78 is 15.3. The molecule has 0 atom stereocenters. The fourth-order valence-corrected chi connectivity index (χ4v) is 2.21. The van der Waals surface area contributed by atoms with Crippen molar-refractivity contribution in [2.75, 3.05) is 0 Å². The Labute approximate surface area is 111 Å². The van der Waals surface area contributed by atoms with Crippen molar-refractivity contribution in [3.05, 3.63) is 51.5 Å². The van der Waals surface area contributed by atoms with Gasteiger partial charge in [-0.05, 0) is 30.7 Å². The molecule has 94 valence electrons. The zero-order valence-corrected chi connectivity index (χ0v) is 11.1. The first kappa shape index (κ1) is 12.8. The molecule has 1 N–H and O–H groups in total. The summed E-state index contributed by atoms with van der Waals surface area (Å²) >= 11 is 3.21. The summed E-state index contributed by atoms with van der Waals surface area (Å²) in [6.45, 7) is 1.95. The van der Waals surface area contributed by atoms with E-state index in [1.165, 1.54) is 23.0 Å². The lowest BCUT2D eigenvalue weighted by Crippen LogP contribution is -2.01. The molecule has 1 aromatic heterocycles. The first-order chi connectivity index (χ1) is 8.45. The Morgan fingerprint density at radius 2 is 2.22 bits per heavy atom. The van der Waals surface area contributed by atoms with Gasteiger partial charge in [-0.1, -0.05) is 15.9 Å². The third-order valence-electron chi connectivity index (χ3n) is 2.44. The van der Waals surface area contributed by atoms with Gasteiger partial charge >= 0.3 is 5.97 Å². The molecule has 6 heteroatoms. The predicted molar refractivity (Wildman–Crippen MR) is 67.1 cm³/mol. The molecule has 0 aliphatic rings. The van der Waals surface area contributed by atoms with Crippen LogP contribution in [0.3, 0.4) is 0 Å². The standard InChI is InChI=1S/C12H10BrFN2O2/c1-7-11(12(17)18)6-16(15-7)5-8-2-9(13)4-10(14)3-8/h2-4,6H,5H2,1H3,(H,17,18). The molecule has 0 saturated heterocycles. The summed E-state index contributed by atoms with van der Waals surface area (Å²) in [6.07, 6.45) is 1.44. The van der Waals surface area contributed by atoms with Crippen molar-refractivity contribution < 1.29 is 14.3 Å². The molecular weight excluding hydrogens is 303 g/mol. The number of benzene rings is 1. The zero-order chi connectivity index (χ0) is 13.3. The molecule has 0 aliphatic carbocycles. The molecule has 0 fully saturated rings. The van der Waals surface area contributed by atoms with Gasteiger partial charge in [0.25, 0.3) is 0 Å². The highest BCUT2D eigenvalue weighted by Crippen LogP contribution is 2.16. The van der Waals surface area contributed by atoms with Gasteiger partial charge < -0.3 is 5.11 Å². The van der Waals surface area contributed by atoms with Crippen LogP contribution in [-0.4, -0.2) is 20.9 Å². The Bertz CT molecular complexity index is 590. The number of carbonyl (C=O) groups is 1. The average molecular weight is 313 g/mol. The molecule has 18 heavy (non-hydrogen) atoms. The Morgan fingerprint density at radius 3 is 2.78 bits per heavy atom. The SMILES string of the molecule is Cc1nn(Cc2cc(F)cc(Br)c2)cc1C(=O)O. The smallest absolute Gasteiger partial charge is 0.339 e. The highest BCUT2D eigenvalue weighted by molar-refractivity contribution is 9.10. The number of carboxylic acid groups (broad SMARTS) is 1. The summed E-state index contributed by atoms with van der Waals surface area (Å²) in [7, 11) is 0. The minimum Gasteiger partial charge on any atom is -0.478 e. The molecule has 2 rings (SSSR count). The Kier molecular flexibility index (Phi) is 3.47. The van der Waals surface area contributed by atoms with Crippen LogP contribution in [-0.2, 0) is 6.54 Å². The van der Waals surface area contributed by atoms with Crippen molar-refractivity contribution in [3.8, 4) is 0 Å². The van der Waals surface area contributed by atoms with Crippen LogP contribution < -0.4 is 0 Å². The lowest BCUT2D eigenvalue weighted by molar-refractivity contribution is 0.0696. The number of carboxylic acids is 1. The summed E-state index contributed by atoms with van der Waals surface area (Å²) in [6, 6.07) is 4.52. The molecule has 2 aromatic rings. The topological polar surface area (TPSA) is 55.1 Å².